The van der Waals surface area contributed by atoms with Crippen LogP contribution in [-0.2, 0) is 10.2 Å². The molecule has 112 valence electrons. The van der Waals surface area contributed by atoms with Gasteiger partial charge in [0.05, 0.1) is 5.41 Å². The van der Waals surface area contributed by atoms with Crippen molar-refractivity contribution in [2.24, 2.45) is 0 Å². The number of carbonyl (C=O) groups is 1. The monoisotopic (exact) mass is 300 g/mol. The van der Waals surface area contributed by atoms with Gasteiger partial charge in [-0.1, -0.05) is 12.1 Å². The van der Waals surface area contributed by atoms with E-state index in [2.05, 4.69) is 12.2 Å². The fraction of sp³-hybridized carbons (Fsp3) is 0.533. The van der Waals surface area contributed by atoms with Gasteiger partial charge in [-0.05, 0) is 38.5 Å². The minimum atomic E-state index is -0.620. The first-order valence-corrected chi connectivity index (χ1v) is 6.70. The summed E-state index contributed by atoms with van der Waals surface area (Å²) in [6.07, 6.45) is 0. The number of rotatable bonds is 2. The number of nitrogens with zero attached hydrogens (tertiary/aromatic N) is 1. The Morgan fingerprint density at radius 3 is 2.50 bits per heavy atom. The van der Waals surface area contributed by atoms with Crippen LogP contribution < -0.4 is 5.32 Å². The summed E-state index contributed by atoms with van der Waals surface area (Å²) in [6, 6.07) is 6.52. The van der Waals surface area contributed by atoms with E-state index in [0.29, 0.717) is 6.04 Å². The SMILES string of the molecule is CC1CN(C(=O)C(C)(C)c2ccc(F)cc2)CCN1.Cl. The van der Waals surface area contributed by atoms with Gasteiger partial charge >= 0.3 is 0 Å². The fourth-order valence-corrected chi connectivity index (χ4v) is 2.50. The van der Waals surface area contributed by atoms with Crippen molar-refractivity contribution < 1.29 is 9.18 Å². The average molecular weight is 301 g/mol. The van der Waals surface area contributed by atoms with Gasteiger partial charge in [0.15, 0.2) is 0 Å². The van der Waals surface area contributed by atoms with E-state index in [9.17, 15) is 9.18 Å². The van der Waals surface area contributed by atoms with E-state index in [1.807, 2.05) is 18.7 Å². The van der Waals surface area contributed by atoms with Gasteiger partial charge in [0, 0.05) is 25.7 Å². The smallest absolute Gasteiger partial charge is 0.232 e. The van der Waals surface area contributed by atoms with Gasteiger partial charge < -0.3 is 10.2 Å². The summed E-state index contributed by atoms with van der Waals surface area (Å²) in [5, 5.41) is 3.32. The molecular weight excluding hydrogens is 279 g/mol. The Balaban J connectivity index is 0.00000200. The lowest BCUT2D eigenvalue weighted by Crippen LogP contribution is -2.55. The highest BCUT2D eigenvalue weighted by atomic mass is 35.5. The van der Waals surface area contributed by atoms with Crippen LogP contribution in [0.2, 0.25) is 0 Å². The first-order valence-electron chi connectivity index (χ1n) is 6.70. The molecule has 1 aromatic carbocycles. The van der Waals surface area contributed by atoms with Crippen LogP contribution in [0.25, 0.3) is 0 Å². The van der Waals surface area contributed by atoms with Gasteiger partial charge in [-0.2, -0.15) is 0 Å². The number of hydrogen-bond acceptors (Lipinski definition) is 2. The van der Waals surface area contributed by atoms with Crippen LogP contribution in [0, 0.1) is 5.82 Å². The molecule has 1 aliphatic rings. The highest BCUT2D eigenvalue weighted by Crippen LogP contribution is 2.26. The Hall–Kier alpha value is -1.13. The van der Waals surface area contributed by atoms with Crippen molar-refractivity contribution in [1.29, 1.82) is 0 Å². The summed E-state index contributed by atoms with van der Waals surface area (Å²) in [7, 11) is 0. The van der Waals surface area contributed by atoms with Gasteiger partial charge in [-0.15, -0.1) is 12.4 Å². The first kappa shape index (κ1) is 16.9. The molecule has 1 saturated heterocycles. The zero-order valence-corrected chi connectivity index (χ0v) is 13.0. The van der Waals surface area contributed by atoms with E-state index >= 15 is 0 Å². The highest BCUT2D eigenvalue weighted by Gasteiger charge is 2.35. The molecule has 20 heavy (non-hydrogen) atoms. The number of nitrogens with one attached hydrogen (secondary N) is 1. The molecule has 2 rings (SSSR count). The van der Waals surface area contributed by atoms with Crippen molar-refractivity contribution in [2.75, 3.05) is 19.6 Å². The minimum Gasteiger partial charge on any atom is -0.339 e. The molecule has 1 N–H and O–H groups in total. The van der Waals surface area contributed by atoms with Gasteiger partial charge in [0.1, 0.15) is 5.82 Å². The Morgan fingerprint density at radius 1 is 1.35 bits per heavy atom. The lowest BCUT2D eigenvalue weighted by atomic mass is 9.83. The summed E-state index contributed by atoms with van der Waals surface area (Å²) >= 11 is 0. The number of piperazine rings is 1. The maximum atomic E-state index is 13.0. The Labute approximate surface area is 125 Å². The van der Waals surface area contributed by atoms with Crippen molar-refractivity contribution in [3.63, 3.8) is 0 Å². The molecule has 1 heterocycles. The minimum absolute atomic E-state index is 0. The third-order valence-electron chi connectivity index (χ3n) is 3.76. The van der Waals surface area contributed by atoms with Gasteiger partial charge in [-0.25, -0.2) is 4.39 Å². The third-order valence-corrected chi connectivity index (χ3v) is 3.76. The van der Waals surface area contributed by atoms with E-state index < -0.39 is 5.41 Å². The molecule has 1 aliphatic heterocycles. The molecule has 1 unspecified atom stereocenters. The molecule has 5 heteroatoms. The molecule has 0 radical (unpaired) electrons. The summed E-state index contributed by atoms with van der Waals surface area (Å²) in [6.45, 7) is 8.15. The molecular formula is C15H22ClFN2O. The van der Waals surface area contributed by atoms with Gasteiger partial charge in [0.2, 0.25) is 5.91 Å². The Morgan fingerprint density at radius 2 is 1.95 bits per heavy atom. The predicted octanol–water partition coefficient (Wildman–Crippen LogP) is 2.35. The quantitative estimate of drug-likeness (QED) is 0.909. The standard InChI is InChI=1S/C15H21FN2O.ClH/c1-11-10-18(9-8-17-11)14(19)15(2,3)12-4-6-13(16)7-5-12;/h4-7,11,17H,8-10H2,1-3H3;1H. The highest BCUT2D eigenvalue weighted by molar-refractivity contribution is 5.87. The van der Waals surface area contributed by atoms with Crippen LogP contribution in [-0.4, -0.2) is 36.5 Å². The number of hydrogen-bond donors (Lipinski definition) is 1. The van der Waals surface area contributed by atoms with E-state index in [-0.39, 0.29) is 24.1 Å². The van der Waals surface area contributed by atoms with Gasteiger partial charge in [0.25, 0.3) is 0 Å². The molecule has 0 aromatic heterocycles. The molecule has 1 atom stereocenters. The van der Waals surface area contributed by atoms with Crippen LogP contribution in [0.15, 0.2) is 24.3 Å². The maximum Gasteiger partial charge on any atom is 0.232 e. The van der Waals surface area contributed by atoms with Crippen LogP contribution in [0.3, 0.4) is 0 Å². The molecule has 0 saturated carbocycles. The zero-order chi connectivity index (χ0) is 14.0. The third kappa shape index (κ3) is 3.49. The predicted molar refractivity (Wildman–Crippen MR) is 80.7 cm³/mol. The second-order valence-corrected chi connectivity index (χ2v) is 5.74. The molecule has 3 nitrogen and oxygen atoms in total. The summed E-state index contributed by atoms with van der Waals surface area (Å²) < 4.78 is 13.0. The fourth-order valence-electron chi connectivity index (χ4n) is 2.50. The van der Waals surface area contributed by atoms with Gasteiger partial charge in [-0.3, -0.25) is 4.79 Å². The Kier molecular flexibility index (Phi) is 5.54. The van der Waals surface area contributed by atoms with E-state index in [1.54, 1.807) is 12.1 Å². The molecule has 1 aromatic rings. The van der Waals surface area contributed by atoms with Crippen molar-refractivity contribution in [1.82, 2.24) is 10.2 Å². The normalized spacial score (nSPS) is 19.4. The maximum absolute atomic E-state index is 13.0. The average Bonchev–Trinajstić information content (AvgIpc) is 2.38. The number of benzene rings is 1. The summed E-state index contributed by atoms with van der Waals surface area (Å²) in [5.41, 5.74) is 0.232. The molecule has 1 fully saturated rings. The molecule has 1 amide bonds. The Bertz CT molecular complexity index is 461. The lowest BCUT2D eigenvalue weighted by Gasteiger charge is -2.37. The largest absolute Gasteiger partial charge is 0.339 e. The topological polar surface area (TPSA) is 32.3 Å². The van der Waals surface area contributed by atoms with Crippen molar-refractivity contribution in [2.45, 2.75) is 32.2 Å². The van der Waals surface area contributed by atoms with E-state index in [4.69, 9.17) is 0 Å². The van der Waals surface area contributed by atoms with E-state index in [1.165, 1.54) is 12.1 Å². The molecule has 0 bridgehead atoms. The van der Waals surface area contributed by atoms with Crippen molar-refractivity contribution in [3.8, 4) is 0 Å². The summed E-state index contributed by atoms with van der Waals surface area (Å²) in [5.74, 6) is -0.171. The summed E-state index contributed by atoms with van der Waals surface area (Å²) in [4.78, 5) is 14.5. The van der Waals surface area contributed by atoms with Crippen molar-refractivity contribution in [3.05, 3.63) is 35.6 Å². The van der Waals surface area contributed by atoms with Crippen LogP contribution in [0.5, 0.6) is 0 Å². The first-order chi connectivity index (χ1) is 8.91. The van der Waals surface area contributed by atoms with E-state index in [0.717, 1.165) is 25.2 Å². The van der Waals surface area contributed by atoms with Crippen molar-refractivity contribution >= 4 is 18.3 Å². The van der Waals surface area contributed by atoms with Crippen LogP contribution in [0.1, 0.15) is 26.3 Å². The van der Waals surface area contributed by atoms with Crippen LogP contribution >= 0.6 is 12.4 Å². The number of halogens is 2. The van der Waals surface area contributed by atoms with Crippen LogP contribution in [0.4, 0.5) is 4.39 Å². The lowest BCUT2D eigenvalue weighted by molar-refractivity contribution is -0.137. The second kappa shape index (κ2) is 6.55. The zero-order valence-electron chi connectivity index (χ0n) is 12.1. The second-order valence-electron chi connectivity index (χ2n) is 5.74. The molecule has 0 spiro atoms. The molecule has 0 aliphatic carbocycles. The number of carbonyl (C=O) groups excluding carboxylic acids is 1. The number of amides is 1.